The summed E-state index contributed by atoms with van der Waals surface area (Å²) in [7, 11) is 0. The van der Waals surface area contributed by atoms with Gasteiger partial charge in [0, 0.05) is 46.0 Å². The molecular formula is C33H21FN2O5. The fourth-order valence-electron chi connectivity index (χ4n) is 6.93. The summed E-state index contributed by atoms with van der Waals surface area (Å²) < 4.78 is 14.3. The highest BCUT2D eigenvalue weighted by Gasteiger charge is 2.71. The predicted octanol–water partition coefficient (Wildman–Crippen LogP) is 6.05. The Kier molecular flexibility index (Phi) is 5.37. The molecule has 200 valence electrons. The third-order valence-electron chi connectivity index (χ3n) is 8.53. The lowest BCUT2D eigenvalue weighted by Gasteiger charge is -2.37. The highest BCUT2D eigenvalue weighted by molar-refractivity contribution is 6.32. The van der Waals surface area contributed by atoms with Crippen LogP contribution in [0.3, 0.4) is 0 Å². The second kappa shape index (κ2) is 8.89. The van der Waals surface area contributed by atoms with Crippen molar-refractivity contribution in [2.24, 2.45) is 5.41 Å². The van der Waals surface area contributed by atoms with Crippen LogP contribution in [0.15, 0.2) is 103 Å². The normalized spacial score (nSPS) is 21.5. The van der Waals surface area contributed by atoms with Gasteiger partial charge in [0.15, 0.2) is 17.3 Å². The maximum Gasteiger partial charge on any atom is 0.269 e. The molecule has 41 heavy (non-hydrogen) atoms. The maximum atomic E-state index is 14.6. The zero-order chi connectivity index (χ0) is 28.5. The summed E-state index contributed by atoms with van der Waals surface area (Å²) in [6.45, 7) is 0. The summed E-state index contributed by atoms with van der Waals surface area (Å²) in [4.78, 5) is 56.7. The number of halogens is 1. The van der Waals surface area contributed by atoms with Crippen molar-refractivity contribution in [2.45, 2.75) is 18.0 Å². The molecule has 3 atom stereocenters. The van der Waals surface area contributed by atoms with Crippen LogP contribution in [0.2, 0.25) is 0 Å². The third kappa shape index (κ3) is 3.34. The SMILES string of the molecule is O=C(c1ccccc1)[C@H]1[C@H](c2cccc([N+](=O)[O-])c2)C2(C(=O)c3ccccc3C2=O)C2C=Cc3cc(F)ccc3N21. The topological polar surface area (TPSA) is 97.6 Å². The van der Waals surface area contributed by atoms with Crippen LogP contribution in [0.5, 0.6) is 0 Å². The van der Waals surface area contributed by atoms with Crippen LogP contribution in [0.4, 0.5) is 15.8 Å². The second-order valence-corrected chi connectivity index (χ2v) is 10.5. The van der Waals surface area contributed by atoms with Gasteiger partial charge in [0.1, 0.15) is 17.3 Å². The molecule has 0 amide bonds. The number of carbonyl (C=O) groups excluding carboxylic acids is 3. The molecule has 1 unspecified atom stereocenters. The van der Waals surface area contributed by atoms with Gasteiger partial charge in [-0.3, -0.25) is 24.5 Å². The number of hydrogen-bond acceptors (Lipinski definition) is 6. The Labute approximate surface area is 233 Å². The van der Waals surface area contributed by atoms with E-state index in [-0.39, 0.29) is 22.6 Å². The molecule has 0 saturated carbocycles. The summed E-state index contributed by atoms with van der Waals surface area (Å²) in [6, 6.07) is 23.0. The molecule has 0 N–H and O–H groups in total. The fourth-order valence-corrected chi connectivity index (χ4v) is 6.93. The van der Waals surface area contributed by atoms with Crippen LogP contribution in [-0.4, -0.2) is 34.4 Å². The molecule has 4 aromatic rings. The Balaban J connectivity index is 1.57. The Hall–Kier alpha value is -5.24. The number of fused-ring (bicyclic) bond motifs is 5. The number of Topliss-reactive ketones (excluding diaryl/α,β-unsaturated/α-hetero) is 3. The number of nitro groups is 1. The van der Waals surface area contributed by atoms with Gasteiger partial charge in [0.05, 0.1) is 11.0 Å². The van der Waals surface area contributed by atoms with Crippen molar-refractivity contribution in [2.75, 3.05) is 4.90 Å². The number of nitrogens with zero attached hydrogens (tertiary/aromatic N) is 2. The van der Waals surface area contributed by atoms with E-state index in [0.29, 0.717) is 22.4 Å². The molecule has 4 aromatic carbocycles. The fraction of sp³-hybridized carbons (Fsp3) is 0.121. The average Bonchev–Trinajstić information content (AvgIpc) is 3.43. The van der Waals surface area contributed by atoms with Gasteiger partial charge in [0.25, 0.3) is 5.69 Å². The smallest absolute Gasteiger partial charge is 0.269 e. The molecule has 1 aliphatic carbocycles. The van der Waals surface area contributed by atoms with E-state index in [1.54, 1.807) is 83.8 Å². The monoisotopic (exact) mass is 544 g/mol. The molecule has 8 heteroatoms. The van der Waals surface area contributed by atoms with Crippen LogP contribution in [0.25, 0.3) is 6.08 Å². The van der Waals surface area contributed by atoms with Crippen molar-refractivity contribution in [3.05, 3.63) is 147 Å². The zero-order valence-electron chi connectivity index (χ0n) is 21.4. The lowest BCUT2D eigenvalue weighted by atomic mass is 9.64. The van der Waals surface area contributed by atoms with Crippen molar-refractivity contribution >= 4 is 34.8 Å². The van der Waals surface area contributed by atoms with Crippen molar-refractivity contribution in [1.29, 1.82) is 0 Å². The van der Waals surface area contributed by atoms with Gasteiger partial charge >= 0.3 is 0 Å². The van der Waals surface area contributed by atoms with E-state index in [1.807, 2.05) is 0 Å². The van der Waals surface area contributed by atoms with Gasteiger partial charge in [-0.05, 0) is 23.8 Å². The van der Waals surface area contributed by atoms with Crippen molar-refractivity contribution in [3.8, 4) is 0 Å². The molecule has 0 bridgehead atoms. The summed E-state index contributed by atoms with van der Waals surface area (Å²) in [6.07, 6.45) is 3.36. The van der Waals surface area contributed by atoms with Crippen molar-refractivity contribution in [3.63, 3.8) is 0 Å². The van der Waals surface area contributed by atoms with Crippen LogP contribution < -0.4 is 4.90 Å². The largest absolute Gasteiger partial charge is 0.352 e. The molecule has 7 nitrogen and oxygen atoms in total. The van der Waals surface area contributed by atoms with E-state index in [4.69, 9.17) is 0 Å². The molecule has 0 aromatic heterocycles. The molecule has 2 aliphatic heterocycles. The Bertz CT molecular complexity index is 1800. The number of non-ortho nitro benzene ring substituents is 1. The van der Waals surface area contributed by atoms with Gasteiger partial charge < -0.3 is 4.90 Å². The predicted molar refractivity (Wildman–Crippen MR) is 150 cm³/mol. The Morgan fingerprint density at radius 2 is 1.54 bits per heavy atom. The Morgan fingerprint density at radius 1 is 0.854 bits per heavy atom. The van der Waals surface area contributed by atoms with Crippen LogP contribution in [0.1, 0.15) is 48.1 Å². The lowest BCUT2D eigenvalue weighted by molar-refractivity contribution is -0.384. The van der Waals surface area contributed by atoms with Crippen molar-refractivity contribution < 1.29 is 23.7 Å². The summed E-state index contributed by atoms with van der Waals surface area (Å²) in [5.74, 6) is -2.80. The first kappa shape index (κ1) is 24.8. The van der Waals surface area contributed by atoms with Crippen LogP contribution >= 0.6 is 0 Å². The average molecular weight is 545 g/mol. The Morgan fingerprint density at radius 3 is 2.22 bits per heavy atom. The highest BCUT2D eigenvalue weighted by atomic mass is 19.1. The summed E-state index contributed by atoms with van der Waals surface area (Å²) in [5, 5.41) is 11.8. The van der Waals surface area contributed by atoms with Crippen LogP contribution in [0, 0.1) is 21.3 Å². The minimum Gasteiger partial charge on any atom is -0.352 e. The van der Waals surface area contributed by atoms with E-state index in [1.165, 1.54) is 30.3 Å². The standard InChI is InChI=1S/C33H21FN2O5/c34-22-14-15-26-20(17-22)13-16-27-33(31(38)24-11-4-5-12-25(24)32(33)39)28(21-9-6-10-23(18-21)36(40)41)29(35(26)27)30(37)19-7-2-1-3-8-19/h1-18,27-29H/t27?,28-,29+/m0/s1. The van der Waals surface area contributed by atoms with E-state index in [9.17, 15) is 28.9 Å². The van der Waals surface area contributed by atoms with E-state index in [0.717, 1.165) is 0 Å². The van der Waals surface area contributed by atoms with Gasteiger partial charge in [-0.15, -0.1) is 0 Å². The zero-order valence-corrected chi connectivity index (χ0v) is 21.4. The number of hydrogen-bond donors (Lipinski definition) is 0. The molecule has 7 rings (SSSR count). The number of anilines is 1. The number of nitro benzene ring substituents is 1. The quantitative estimate of drug-likeness (QED) is 0.134. The third-order valence-corrected chi connectivity index (χ3v) is 8.53. The molecule has 1 spiro atoms. The molecule has 0 radical (unpaired) electrons. The first-order valence-corrected chi connectivity index (χ1v) is 13.1. The molecule has 2 heterocycles. The number of benzene rings is 4. The number of rotatable bonds is 4. The molecule has 3 aliphatic rings. The van der Waals surface area contributed by atoms with Gasteiger partial charge in [-0.2, -0.15) is 0 Å². The molecule has 1 fully saturated rings. The van der Waals surface area contributed by atoms with Gasteiger partial charge in [-0.25, -0.2) is 4.39 Å². The molecular weight excluding hydrogens is 523 g/mol. The number of carbonyl (C=O) groups is 3. The van der Waals surface area contributed by atoms with E-state index >= 15 is 0 Å². The molecule has 1 saturated heterocycles. The minimum atomic E-state index is -1.80. The highest BCUT2D eigenvalue weighted by Crippen LogP contribution is 2.61. The first-order chi connectivity index (χ1) is 19.8. The minimum absolute atomic E-state index is 0.221. The second-order valence-electron chi connectivity index (χ2n) is 10.5. The van der Waals surface area contributed by atoms with Crippen molar-refractivity contribution in [1.82, 2.24) is 0 Å². The first-order valence-electron chi connectivity index (χ1n) is 13.1. The van der Waals surface area contributed by atoms with Crippen LogP contribution in [-0.2, 0) is 0 Å². The lowest BCUT2D eigenvalue weighted by Crippen LogP contribution is -2.48. The van der Waals surface area contributed by atoms with Gasteiger partial charge in [0.2, 0.25) is 0 Å². The van der Waals surface area contributed by atoms with E-state index in [2.05, 4.69) is 0 Å². The number of ketones is 3. The summed E-state index contributed by atoms with van der Waals surface area (Å²) >= 11 is 0. The maximum absolute atomic E-state index is 14.6. The van der Waals surface area contributed by atoms with Gasteiger partial charge in [-0.1, -0.05) is 78.9 Å². The van der Waals surface area contributed by atoms with E-state index < -0.39 is 45.7 Å². The summed E-state index contributed by atoms with van der Waals surface area (Å²) in [5.41, 5.74) is 0.164.